The van der Waals surface area contributed by atoms with Crippen LogP contribution in [0.25, 0.3) is 0 Å². The van der Waals surface area contributed by atoms with Gasteiger partial charge in [0.2, 0.25) is 0 Å². The molecule has 3 fully saturated rings. The number of hydrogen-bond donors (Lipinski definition) is 0. The molecule has 0 bridgehead atoms. The molecule has 120 valence electrons. The minimum atomic E-state index is 0.100. The van der Waals surface area contributed by atoms with E-state index in [9.17, 15) is 0 Å². The molecule has 1 aromatic heterocycles. The number of piperidine rings is 1. The van der Waals surface area contributed by atoms with Gasteiger partial charge in [-0.1, -0.05) is 6.42 Å². The minimum absolute atomic E-state index is 0.100. The lowest BCUT2D eigenvalue weighted by Crippen LogP contribution is -2.50. The summed E-state index contributed by atoms with van der Waals surface area (Å²) in [5.74, 6) is 0. The fourth-order valence-electron chi connectivity index (χ4n) is 4.00. The number of hydrogen-bond acceptors (Lipinski definition) is 4. The standard InChI is InChI=1S/C18H26N2O2/c1-2-16(3-1)20-10-6-18(7-11-20)12-17(14-22-18)21-13-15-4-8-19-9-5-15/h4-5,8-9,16-17H,1-3,6-7,10-14H2/t17-/m0/s1. The van der Waals surface area contributed by atoms with Crippen molar-refractivity contribution in [2.45, 2.75) is 62.9 Å². The van der Waals surface area contributed by atoms with Gasteiger partial charge in [0.15, 0.2) is 0 Å². The van der Waals surface area contributed by atoms with Crippen LogP contribution in [-0.4, -0.2) is 47.3 Å². The van der Waals surface area contributed by atoms with E-state index >= 15 is 0 Å². The lowest BCUT2D eigenvalue weighted by Gasteiger charge is -2.45. The van der Waals surface area contributed by atoms with Gasteiger partial charge in [0, 0.05) is 37.9 Å². The molecule has 1 aromatic rings. The molecule has 2 saturated heterocycles. The molecule has 1 saturated carbocycles. The predicted octanol–water partition coefficient (Wildman–Crippen LogP) is 2.77. The largest absolute Gasteiger partial charge is 0.372 e. The van der Waals surface area contributed by atoms with Gasteiger partial charge in [-0.3, -0.25) is 4.98 Å². The number of rotatable bonds is 4. The molecule has 0 unspecified atom stereocenters. The SMILES string of the molecule is c1cc(CO[C@@H]2COC3(CCN(C4CCC4)CC3)C2)ccn1. The zero-order valence-electron chi connectivity index (χ0n) is 13.2. The Balaban J connectivity index is 1.25. The number of likely N-dealkylation sites (tertiary alicyclic amines) is 1. The number of ether oxygens (including phenoxy) is 2. The van der Waals surface area contributed by atoms with Crippen molar-refractivity contribution in [3.63, 3.8) is 0 Å². The van der Waals surface area contributed by atoms with Crippen molar-refractivity contribution >= 4 is 0 Å². The van der Waals surface area contributed by atoms with Crippen LogP contribution >= 0.6 is 0 Å². The van der Waals surface area contributed by atoms with Gasteiger partial charge < -0.3 is 14.4 Å². The Morgan fingerprint density at radius 2 is 2.00 bits per heavy atom. The first-order chi connectivity index (χ1) is 10.8. The molecule has 3 aliphatic rings. The van der Waals surface area contributed by atoms with Crippen molar-refractivity contribution in [2.24, 2.45) is 0 Å². The highest BCUT2D eigenvalue weighted by Crippen LogP contribution is 2.39. The average molecular weight is 302 g/mol. The van der Waals surface area contributed by atoms with E-state index in [4.69, 9.17) is 9.47 Å². The van der Waals surface area contributed by atoms with Crippen molar-refractivity contribution in [3.8, 4) is 0 Å². The van der Waals surface area contributed by atoms with Gasteiger partial charge >= 0.3 is 0 Å². The molecule has 1 spiro atoms. The molecule has 4 rings (SSSR count). The van der Waals surface area contributed by atoms with Gasteiger partial charge in [-0.2, -0.15) is 0 Å². The normalized spacial score (nSPS) is 28.8. The first-order valence-corrected chi connectivity index (χ1v) is 8.72. The van der Waals surface area contributed by atoms with Crippen molar-refractivity contribution in [2.75, 3.05) is 19.7 Å². The third-order valence-corrected chi connectivity index (χ3v) is 5.71. The lowest BCUT2D eigenvalue weighted by atomic mass is 9.84. The quantitative estimate of drug-likeness (QED) is 0.856. The molecular weight excluding hydrogens is 276 g/mol. The van der Waals surface area contributed by atoms with Gasteiger partial charge in [-0.25, -0.2) is 0 Å². The molecule has 3 heterocycles. The highest BCUT2D eigenvalue weighted by atomic mass is 16.6. The van der Waals surface area contributed by atoms with E-state index in [0.717, 1.165) is 19.1 Å². The molecule has 4 nitrogen and oxygen atoms in total. The summed E-state index contributed by atoms with van der Waals surface area (Å²) in [5, 5.41) is 0. The predicted molar refractivity (Wildman–Crippen MR) is 84.6 cm³/mol. The Hall–Kier alpha value is -0.970. The fraction of sp³-hybridized carbons (Fsp3) is 0.722. The summed E-state index contributed by atoms with van der Waals surface area (Å²) in [4.78, 5) is 6.73. The number of aromatic nitrogens is 1. The van der Waals surface area contributed by atoms with Crippen LogP contribution in [0.15, 0.2) is 24.5 Å². The van der Waals surface area contributed by atoms with E-state index in [1.165, 1.54) is 50.8 Å². The molecular formula is C18H26N2O2. The van der Waals surface area contributed by atoms with Gasteiger partial charge in [0.05, 0.1) is 24.9 Å². The summed E-state index contributed by atoms with van der Waals surface area (Å²) < 4.78 is 12.3. The van der Waals surface area contributed by atoms with Crippen LogP contribution in [0.2, 0.25) is 0 Å². The van der Waals surface area contributed by atoms with Gasteiger partial charge in [-0.15, -0.1) is 0 Å². The van der Waals surface area contributed by atoms with E-state index in [1.54, 1.807) is 0 Å². The summed E-state index contributed by atoms with van der Waals surface area (Å²) in [6, 6.07) is 4.91. The van der Waals surface area contributed by atoms with Gasteiger partial charge in [-0.05, 0) is 43.4 Å². The van der Waals surface area contributed by atoms with Crippen molar-refractivity contribution in [3.05, 3.63) is 30.1 Å². The highest BCUT2D eigenvalue weighted by Gasteiger charge is 2.44. The molecule has 0 amide bonds. The molecule has 0 radical (unpaired) electrons. The van der Waals surface area contributed by atoms with Crippen molar-refractivity contribution < 1.29 is 9.47 Å². The first kappa shape index (κ1) is 14.6. The average Bonchev–Trinajstić information content (AvgIpc) is 2.90. The Morgan fingerprint density at radius 3 is 2.68 bits per heavy atom. The summed E-state index contributed by atoms with van der Waals surface area (Å²) in [5.41, 5.74) is 1.29. The highest BCUT2D eigenvalue weighted by molar-refractivity contribution is 5.08. The Kier molecular flexibility index (Phi) is 4.16. The second-order valence-electron chi connectivity index (χ2n) is 7.11. The zero-order valence-corrected chi connectivity index (χ0v) is 13.2. The monoisotopic (exact) mass is 302 g/mol. The molecule has 1 aliphatic carbocycles. The van der Waals surface area contributed by atoms with E-state index in [-0.39, 0.29) is 11.7 Å². The zero-order chi connectivity index (χ0) is 14.8. The molecule has 2 aliphatic heterocycles. The Morgan fingerprint density at radius 1 is 1.23 bits per heavy atom. The Labute approximate surface area is 132 Å². The van der Waals surface area contributed by atoms with Crippen LogP contribution in [-0.2, 0) is 16.1 Å². The van der Waals surface area contributed by atoms with E-state index < -0.39 is 0 Å². The number of pyridine rings is 1. The second-order valence-corrected chi connectivity index (χ2v) is 7.11. The van der Waals surface area contributed by atoms with E-state index in [2.05, 4.69) is 9.88 Å². The minimum Gasteiger partial charge on any atom is -0.372 e. The number of nitrogens with zero attached hydrogens (tertiary/aromatic N) is 2. The smallest absolute Gasteiger partial charge is 0.0840 e. The van der Waals surface area contributed by atoms with Crippen molar-refractivity contribution in [1.29, 1.82) is 0 Å². The summed E-state index contributed by atoms with van der Waals surface area (Å²) in [6.07, 6.45) is 11.6. The van der Waals surface area contributed by atoms with Gasteiger partial charge in [0.25, 0.3) is 0 Å². The molecule has 0 aromatic carbocycles. The van der Waals surface area contributed by atoms with Crippen LogP contribution in [0.1, 0.15) is 44.1 Å². The van der Waals surface area contributed by atoms with Crippen LogP contribution in [0, 0.1) is 0 Å². The molecule has 4 heteroatoms. The lowest BCUT2D eigenvalue weighted by molar-refractivity contribution is -0.0584. The van der Waals surface area contributed by atoms with Crippen LogP contribution in [0.3, 0.4) is 0 Å². The molecule has 22 heavy (non-hydrogen) atoms. The third kappa shape index (κ3) is 3.05. The van der Waals surface area contributed by atoms with E-state index in [1.807, 2.05) is 24.5 Å². The summed E-state index contributed by atoms with van der Waals surface area (Å²) in [7, 11) is 0. The van der Waals surface area contributed by atoms with Crippen molar-refractivity contribution in [1.82, 2.24) is 9.88 Å². The van der Waals surface area contributed by atoms with Crippen LogP contribution < -0.4 is 0 Å². The maximum absolute atomic E-state index is 6.20. The second kappa shape index (κ2) is 6.26. The molecule has 0 N–H and O–H groups in total. The summed E-state index contributed by atoms with van der Waals surface area (Å²) in [6.45, 7) is 3.85. The van der Waals surface area contributed by atoms with E-state index in [0.29, 0.717) is 6.61 Å². The topological polar surface area (TPSA) is 34.6 Å². The fourth-order valence-corrected chi connectivity index (χ4v) is 4.00. The third-order valence-electron chi connectivity index (χ3n) is 5.71. The van der Waals surface area contributed by atoms with Crippen LogP contribution in [0.5, 0.6) is 0 Å². The van der Waals surface area contributed by atoms with Gasteiger partial charge in [0.1, 0.15) is 0 Å². The van der Waals surface area contributed by atoms with Crippen LogP contribution in [0.4, 0.5) is 0 Å². The summed E-state index contributed by atoms with van der Waals surface area (Å²) >= 11 is 0. The first-order valence-electron chi connectivity index (χ1n) is 8.72. The maximum Gasteiger partial charge on any atom is 0.0840 e. The molecule has 1 atom stereocenters. The maximum atomic E-state index is 6.20. The Bertz CT molecular complexity index is 481.